The van der Waals surface area contributed by atoms with E-state index in [2.05, 4.69) is 34.6 Å². The smallest absolute Gasteiger partial charge is 0.225 e. The predicted molar refractivity (Wildman–Crippen MR) is 98.3 cm³/mol. The van der Waals surface area contributed by atoms with Crippen LogP contribution in [0.25, 0.3) is 11.3 Å². The third kappa shape index (κ3) is 2.97. The number of rotatable bonds is 4. The molecule has 1 atom stereocenters. The van der Waals surface area contributed by atoms with Gasteiger partial charge in [-0.1, -0.05) is 54.6 Å². The molecule has 4 rings (SSSR count). The third-order valence-electron chi connectivity index (χ3n) is 4.56. The average molecular weight is 334 g/mol. The van der Waals surface area contributed by atoms with Crippen molar-refractivity contribution in [2.24, 2.45) is 0 Å². The molecule has 1 N–H and O–H groups in total. The number of nitrogens with one attached hydrogen (secondary N) is 1. The molecule has 24 heavy (non-hydrogen) atoms. The molecule has 2 aromatic carbocycles. The van der Waals surface area contributed by atoms with Crippen molar-refractivity contribution >= 4 is 22.2 Å². The Balaban J connectivity index is 1.48. The average Bonchev–Trinajstić information content (AvgIpc) is 3.23. The van der Waals surface area contributed by atoms with Crippen LogP contribution in [-0.2, 0) is 11.2 Å². The number of thiazole rings is 1. The van der Waals surface area contributed by atoms with Gasteiger partial charge < -0.3 is 5.32 Å². The van der Waals surface area contributed by atoms with Crippen LogP contribution in [0.2, 0.25) is 0 Å². The van der Waals surface area contributed by atoms with Crippen LogP contribution >= 0.6 is 11.3 Å². The van der Waals surface area contributed by atoms with Crippen LogP contribution in [0.3, 0.4) is 0 Å². The molecule has 3 aromatic rings. The van der Waals surface area contributed by atoms with Gasteiger partial charge in [0.25, 0.3) is 0 Å². The van der Waals surface area contributed by atoms with Crippen LogP contribution in [0.4, 0.5) is 5.00 Å². The van der Waals surface area contributed by atoms with Crippen LogP contribution < -0.4 is 5.32 Å². The number of nitrogens with zero attached hydrogens (tertiary/aromatic N) is 1. The summed E-state index contributed by atoms with van der Waals surface area (Å²) in [7, 11) is 0. The van der Waals surface area contributed by atoms with Crippen molar-refractivity contribution in [2.75, 3.05) is 5.32 Å². The first-order valence-corrected chi connectivity index (χ1v) is 9.06. The summed E-state index contributed by atoms with van der Waals surface area (Å²) < 4.78 is 0. The van der Waals surface area contributed by atoms with Gasteiger partial charge in [-0.3, -0.25) is 4.79 Å². The molecule has 1 heterocycles. The number of carbonyl (C=O) groups is 1. The Morgan fingerprint density at radius 3 is 2.79 bits per heavy atom. The number of fused-ring (bicyclic) bond motifs is 1. The van der Waals surface area contributed by atoms with E-state index in [0.717, 1.165) is 29.1 Å². The molecule has 1 amide bonds. The zero-order valence-corrected chi connectivity index (χ0v) is 14.1. The molecular formula is C20H18N2OS. The summed E-state index contributed by atoms with van der Waals surface area (Å²) in [6, 6.07) is 18.4. The number of hydrogen-bond donors (Lipinski definition) is 1. The highest BCUT2D eigenvalue weighted by Crippen LogP contribution is 2.36. The quantitative estimate of drug-likeness (QED) is 0.739. The molecule has 0 saturated heterocycles. The maximum atomic E-state index is 12.5. The van der Waals surface area contributed by atoms with E-state index in [1.807, 2.05) is 30.3 Å². The van der Waals surface area contributed by atoms with Crippen molar-refractivity contribution in [2.45, 2.75) is 25.2 Å². The zero-order chi connectivity index (χ0) is 16.4. The van der Waals surface area contributed by atoms with Gasteiger partial charge in [0, 0.05) is 12.0 Å². The first-order valence-electron chi connectivity index (χ1n) is 8.18. The third-order valence-corrected chi connectivity index (χ3v) is 5.30. The SMILES string of the molecule is O=C(CC1CCc2ccccc21)Nc1scnc1-c1ccccc1. The lowest BCUT2D eigenvalue weighted by Crippen LogP contribution is -2.14. The van der Waals surface area contributed by atoms with E-state index >= 15 is 0 Å². The molecule has 0 saturated carbocycles. The zero-order valence-electron chi connectivity index (χ0n) is 13.2. The summed E-state index contributed by atoms with van der Waals surface area (Å²) in [5, 5.41) is 3.89. The minimum Gasteiger partial charge on any atom is -0.316 e. The van der Waals surface area contributed by atoms with Crippen LogP contribution in [0, 0.1) is 0 Å². The van der Waals surface area contributed by atoms with Crippen molar-refractivity contribution in [1.29, 1.82) is 0 Å². The normalized spacial score (nSPS) is 15.9. The number of anilines is 1. The fourth-order valence-corrected chi connectivity index (χ4v) is 4.11. The molecule has 0 radical (unpaired) electrons. The second kappa shape index (κ2) is 6.57. The van der Waals surface area contributed by atoms with Gasteiger partial charge in [0.1, 0.15) is 10.7 Å². The Labute approximate surface area is 145 Å². The molecule has 1 unspecified atom stereocenters. The van der Waals surface area contributed by atoms with Gasteiger partial charge in [-0.15, -0.1) is 11.3 Å². The molecule has 3 nitrogen and oxygen atoms in total. The summed E-state index contributed by atoms with van der Waals surface area (Å²) in [6.07, 6.45) is 2.66. The van der Waals surface area contributed by atoms with Crippen LogP contribution in [0.1, 0.15) is 29.9 Å². The Kier molecular flexibility index (Phi) is 4.13. The Hall–Kier alpha value is -2.46. The highest BCUT2D eigenvalue weighted by molar-refractivity contribution is 7.14. The Morgan fingerprint density at radius 1 is 1.12 bits per heavy atom. The molecule has 0 spiro atoms. The molecular weight excluding hydrogens is 316 g/mol. The largest absolute Gasteiger partial charge is 0.316 e. The van der Waals surface area contributed by atoms with Gasteiger partial charge in [-0.25, -0.2) is 4.98 Å². The summed E-state index contributed by atoms with van der Waals surface area (Å²) in [5.74, 6) is 0.396. The summed E-state index contributed by atoms with van der Waals surface area (Å²) in [5.41, 5.74) is 6.38. The number of aryl methyl sites for hydroxylation is 1. The van der Waals surface area contributed by atoms with E-state index in [-0.39, 0.29) is 5.91 Å². The molecule has 1 aromatic heterocycles. The lowest BCUT2D eigenvalue weighted by molar-refractivity contribution is -0.116. The van der Waals surface area contributed by atoms with Crippen molar-refractivity contribution < 1.29 is 4.79 Å². The van der Waals surface area contributed by atoms with Gasteiger partial charge in [0.2, 0.25) is 5.91 Å². The maximum absolute atomic E-state index is 12.5. The van der Waals surface area contributed by atoms with Gasteiger partial charge in [0.05, 0.1) is 5.51 Å². The minimum atomic E-state index is 0.0677. The van der Waals surface area contributed by atoms with Gasteiger partial charge in [-0.2, -0.15) is 0 Å². The standard InChI is InChI=1S/C20H18N2OS/c23-18(12-16-11-10-14-6-4-5-9-17(14)16)22-20-19(21-13-24-20)15-7-2-1-3-8-15/h1-9,13,16H,10-12H2,(H,22,23). The van der Waals surface area contributed by atoms with Crippen molar-refractivity contribution in [3.05, 3.63) is 71.2 Å². The van der Waals surface area contributed by atoms with Crippen LogP contribution in [0.5, 0.6) is 0 Å². The number of carbonyl (C=O) groups excluding carboxylic acids is 1. The predicted octanol–water partition coefficient (Wildman–Crippen LogP) is 4.87. The maximum Gasteiger partial charge on any atom is 0.225 e. The summed E-state index contributed by atoms with van der Waals surface area (Å²) >= 11 is 1.47. The van der Waals surface area contributed by atoms with E-state index in [9.17, 15) is 4.79 Å². The van der Waals surface area contributed by atoms with Gasteiger partial charge >= 0.3 is 0 Å². The molecule has 0 aliphatic heterocycles. The minimum absolute atomic E-state index is 0.0677. The van der Waals surface area contributed by atoms with Crippen molar-refractivity contribution in [1.82, 2.24) is 4.98 Å². The Bertz CT molecular complexity index is 857. The summed E-state index contributed by atoms with van der Waals surface area (Å²) in [4.78, 5) is 16.9. The van der Waals surface area contributed by atoms with Crippen molar-refractivity contribution in [3.63, 3.8) is 0 Å². The Morgan fingerprint density at radius 2 is 1.92 bits per heavy atom. The monoisotopic (exact) mass is 334 g/mol. The molecule has 4 heteroatoms. The molecule has 120 valence electrons. The highest BCUT2D eigenvalue weighted by atomic mass is 32.1. The summed E-state index contributed by atoms with van der Waals surface area (Å²) in [6.45, 7) is 0. The lowest BCUT2D eigenvalue weighted by Gasteiger charge is -2.11. The second-order valence-corrected chi connectivity index (χ2v) is 6.94. The van der Waals surface area contributed by atoms with E-state index in [1.165, 1.54) is 22.5 Å². The number of aromatic nitrogens is 1. The molecule has 1 aliphatic carbocycles. The molecule has 0 bridgehead atoms. The van der Waals surface area contributed by atoms with E-state index in [0.29, 0.717) is 12.3 Å². The first-order chi connectivity index (χ1) is 11.8. The first kappa shape index (κ1) is 15.1. The number of benzene rings is 2. The van der Waals surface area contributed by atoms with Crippen LogP contribution in [0.15, 0.2) is 60.1 Å². The van der Waals surface area contributed by atoms with E-state index in [4.69, 9.17) is 0 Å². The highest BCUT2D eigenvalue weighted by Gasteiger charge is 2.24. The van der Waals surface area contributed by atoms with Crippen LogP contribution in [-0.4, -0.2) is 10.9 Å². The number of hydrogen-bond acceptors (Lipinski definition) is 3. The van der Waals surface area contributed by atoms with Gasteiger partial charge in [0.15, 0.2) is 0 Å². The second-order valence-electron chi connectivity index (χ2n) is 6.08. The molecule has 0 fully saturated rings. The lowest BCUT2D eigenvalue weighted by atomic mass is 9.97. The van der Waals surface area contributed by atoms with E-state index in [1.54, 1.807) is 5.51 Å². The fourth-order valence-electron chi connectivity index (χ4n) is 3.40. The topological polar surface area (TPSA) is 42.0 Å². The van der Waals surface area contributed by atoms with Gasteiger partial charge in [-0.05, 0) is 29.9 Å². The molecule has 1 aliphatic rings. The number of amides is 1. The fraction of sp³-hybridized carbons (Fsp3) is 0.200. The van der Waals surface area contributed by atoms with Crippen molar-refractivity contribution in [3.8, 4) is 11.3 Å². The van der Waals surface area contributed by atoms with E-state index < -0.39 is 0 Å².